The van der Waals surface area contributed by atoms with Crippen molar-refractivity contribution >= 4 is 5.91 Å². The van der Waals surface area contributed by atoms with Crippen LogP contribution < -0.4 is 5.32 Å². The molecule has 3 nitrogen and oxygen atoms in total. The summed E-state index contributed by atoms with van der Waals surface area (Å²) in [5.74, 6) is 0.482. The van der Waals surface area contributed by atoms with Gasteiger partial charge in [-0.25, -0.2) is 0 Å². The Bertz CT molecular complexity index is 374. The van der Waals surface area contributed by atoms with E-state index in [-0.39, 0.29) is 17.6 Å². The van der Waals surface area contributed by atoms with E-state index in [0.29, 0.717) is 13.0 Å². The normalized spacial score (nSPS) is 20.9. The number of rotatable bonds is 1. The minimum absolute atomic E-state index is 0.0657. The highest BCUT2D eigenvalue weighted by molar-refractivity contribution is 5.79. The van der Waals surface area contributed by atoms with Crippen LogP contribution in [0.25, 0.3) is 0 Å². The van der Waals surface area contributed by atoms with Gasteiger partial charge in [0, 0.05) is 18.9 Å². The third-order valence-corrected chi connectivity index (χ3v) is 2.60. The van der Waals surface area contributed by atoms with Gasteiger partial charge in [0.15, 0.2) is 0 Å². The number of aryl methyl sites for hydroxylation is 1. The molecule has 0 saturated carbocycles. The highest BCUT2D eigenvalue weighted by atomic mass is 16.3. The Kier molecular flexibility index (Phi) is 2.15. The van der Waals surface area contributed by atoms with Gasteiger partial charge in [-0.05, 0) is 18.6 Å². The lowest BCUT2D eigenvalue weighted by molar-refractivity contribution is -0.119. The smallest absolute Gasteiger partial charge is 0.220 e. The molecular formula is C11H13NO2. The van der Waals surface area contributed by atoms with Crippen molar-refractivity contribution in [2.24, 2.45) is 0 Å². The molecule has 2 rings (SSSR count). The Morgan fingerprint density at radius 1 is 1.50 bits per heavy atom. The molecule has 0 radical (unpaired) electrons. The van der Waals surface area contributed by atoms with E-state index in [1.54, 1.807) is 6.07 Å². The van der Waals surface area contributed by atoms with Crippen LogP contribution in [0.3, 0.4) is 0 Å². The minimum Gasteiger partial charge on any atom is -0.508 e. The molecule has 1 aliphatic heterocycles. The van der Waals surface area contributed by atoms with Crippen LogP contribution >= 0.6 is 0 Å². The second-order valence-corrected chi connectivity index (χ2v) is 3.77. The van der Waals surface area contributed by atoms with E-state index >= 15 is 0 Å². The highest BCUT2D eigenvalue weighted by Crippen LogP contribution is 2.30. The molecule has 1 aromatic carbocycles. The molecule has 0 aliphatic carbocycles. The van der Waals surface area contributed by atoms with Crippen LogP contribution in [0.4, 0.5) is 0 Å². The Morgan fingerprint density at radius 2 is 2.29 bits per heavy atom. The number of amides is 1. The first kappa shape index (κ1) is 9.06. The number of phenolic OH excluding ortho intramolecular Hbond substituents is 1. The molecule has 2 N–H and O–H groups in total. The van der Waals surface area contributed by atoms with Crippen LogP contribution in [0, 0.1) is 6.92 Å². The zero-order valence-corrected chi connectivity index (χ0v) is 8.08. The van der Waals surface area contributed by atoms with Gasteiger partial charge in [-0.3, -0.25) is 4.79 Å². The van der Waals surface area contributed by atoms with Crippen molar-refractivity contribution in [1.82, 2.24) is 5.32 Å². The average Bonchev–Trinajstić information content (AvgIpc) is 2.56. The van der Waals surface area contributed by atoms with Gasteiger partial charge in [0.2, 0.25) is 5.91 Å². The van der Waals surface area contributed by atoms with Crippen molar-refractivity contribution in [2.75, 3.05) is 6.54 Å². The molecule has 1 amide bonds. The summed E-state index contributed by atoms with van der Waals surface area (Å²) in [7, 11) is 0. The van der Waals surface area contributed by atoms with E-state index in [4.69, 9.17) is 0 Å². The molecule has 14 heavy (non-hydrogen) atoms. The lowest BCUT2D eigenvalue weighted by atomic mass is 9.96. The van der Waals surface area contributed by atoms with Crippen LogP contribution in [-0.2, 0) is 4.79 Å². The summed E-state index contributed by atoms with van der Waals surface area (Å²) in [4.78, 5) is 11.0. The van der Waals surface area contributed by atoms with E-state index < -0.39 is 0 Å². The molecule has 0 bridgehead atoms. The van der Waals surface area contributed by atoms with Gasteiger partial charge in [-0.15, -0.1) is 0 Å². The fourth-order valence-electron chi connectivity index (χ4n) is 1.83. The first-order valence-electron chi connectivity index (χ1n) is 4.73. The van der Waals surface area contributed by atoms with Gasteiger partial charge in [-0.2, -0.15) is 0 Å². The van der Waals surface area contributed by atoms with Crippen LogP contribution in [-0.4, -0.2) is 17.6 Å². The second kappa shape index (κ2) is 3.33. The van der Waals surface area contributed by atoms with Crippen LogP contribution in [0.2, 0.25) is 0 Å². The standard InChI is InChI=1S/C11H13NO2/c1-7-2-3-10(13)9(4-7)8-5-11(14)12-6-8/h2-4,8,13H,5-6H2,1H3,(H,12,14). The lowest BCUT2D eigenvalue weighted by Crippen LogP contribution is -2.13. The minimum atomic E-state index is 0.0657. The molecule has 74 valence electrons. The van der Waals surface area contributed by atoms with E-state index in [1.807, 2.05) is 19.1 Å². The molecule has 1 saturated heterocycles. The number of hydrogen-bond acceptors (Lipinski definition) is 2. The quantitative estimate of drug-likeness (QED) is 0.703. The van der Waals surface area contributed by atoms with E-state index in [9.17, 15) is 9.90 Å². The lowest BCUT2D eigenvalue weighted by Gasteiger charge is -2.10. The summed E-state index contributed by atoms with van der Waals surface area (Å²) in [6.45, 7) is 2.61. The maximum Gasteiger partial charge on any atom is 0.220 e. The molecule has 1 aliphatic rings. The average molecular weight is 191 g/mol. The summed E-state index contributed by atoms with van der Waals surface area (Å²) in [5, 5.41) is 12.4. The van der Waals surface area contributed by atoms with Gasteiger partial charge in [-0.1, -0.05) is 17.7 Å². The van der Waals surface area contributed by atoms with Gasteiger partial charge in [0.25, 0.3) is 0 Å². The molecule has 1 atom stereocenters. The largest absolute Gasteiger partial charge is 0.508 e. The number of benzene rings is 1. The molecule has 3 heteroatoms. The molecule has 1 unspecified atom stereocenters. The third kappa shape index (κ3) is 1.58. The molecular weight excluding hydrogens is 178 g/mol. The van der Waals surface area contributed by atoms with Gasteiger partial charge >= 0.3 is 0 Å². The first-order valence-corrected chi connectivity index (χ1v) is 4.73. The Morgan fingerprint density at radius 3 is 2.93 bits per heavy atom. The Labute approximate surface area is 82.8 Å². The number of carbonyl (C=O) groups is 1. The maximum absolute atomic E-state index is 11.0. The predicted octanol–water partition coefficient (Wildman–Crippen LogP) is 1.30. The van der Waals surface area contributed by atoms with Gasteiger partial charge in [0.05, 0.1) is 0 Å². The van der Waals surface area contributed by atoms with E-state index in [1.165, 1.54) is 0 Å². The van der Waals surface area contributed by atoms with E-state index in [2.05, 4.69) is 5.32 Å². The zero-order valence-electron chi connectivity index (χ0n) is 8.08. The Balaban J connectivity index is 2.31. The number of aromatic hydroxyl groups is 1. The molecule has 0 aromatic heterocycles. The number of phenols is 1. The monoisotopic (exact) mass is 191 g/mol. The highest BCUT2D eigenvalue weighted by Gasteiger charge is 2.24. The van der Waals surface area contributed by atoms with Crippen molar-refractivity contribution in [3.05, 3.63) is 29.3 Å². The fraction of sp³-hybridized carbons (Fsp3) is 0.364. The van der Waals surface area contributed by atoms with Crippen molar-refractivity contribution in [3.63, 3.8) is 0 Å². The SMILES string of the molecule is Cc1ccc(O)c(C2CNC(=O)C2)c1. The molecule has 1 fully saturated rings. The number of nitrogens with one attached hydrogen (secondary N) is 1. The maximum atomic E-state index is 11.0. The molecule has 1 heterocycles. The fourth-order valence-corrected chi connectivity index (χ4v) is 1.83. The third-order valence-electron chi connectivity index (χ3n) is 2.60. The predicted molar refractivity (Wildman–Crippen MR) is 53.2 cm³/mol. The molecule has 0 spiro atoms. The van der Waals surface area contributed by atoms with Crippen molar-refractivity contribution in [2.45, 2.75) is 19.3 Å². The molecule has 1 aromatic rings. The van der Waals surface area contributed by atoms with E-state index in [0.717, 1.165) is 11.1 Å². The Hall–Kier alpha value is -1.51. The van der Waals surface area contributed by atoms with Crippen molar-refractivity contribution < 1.29 is 9.90 Å². The van der Waals surface area contributed by atoms with Crippen LogP contribution in [0.1, 0.15) is 23.5 Å². The number of carbonyl (C=O) groups excluding carboxylic acids is 1. The summed E-state index contributed by atoms with van der Waals surface area (Å²) < 4.78 is 0. The summed E-state index contributed by atoms with van der Waals surface area (Å²) in [6, 6.07) is 5.50. The summed E-state index contributed by atoms with van der Waals surface area (Å²) in [6.07, 6.45) is 0.483. The van der Waals surface area contributed by atoms with Crippen LogP contribution in [0.5, 0.6) is 5.75 Å². The first-order chi connectivity index (χ1) is 6.66. The van der Waals surface area contributed by atoms with Gasteiger partial charge < -0.3 is 10.4 Å². The topological polar surface area (TPSA) is 49.3 Å². The number of hydrogen-bond donors (Lipinski definition) is 2. The van der Waals surface area contributed by atoms with Crippen molar-refractivity contribution in [1.29, 1.82) is 0 Å². The second-order valence-electron chi connectivity index (χ2n) is 3.77. The van der Waals surface area contributed by atoms with Crippen molar-refractivity contribution in [3.8, 4) is 5.75 Å². The van der Waals surface area contributed by atoms with Crippen LogP contribution in [0.15, 0.2) is 18.2 Å². The summed E-state index contributed by atoms with van der Waals surface area (Å²) in [5.41, 5.74) is 1.99. The zero-order chi connectivity index (χ0) is 10.1. The summed E-state index contributed by atoms with van der Waals surface area (Å²) >= 11 is 0. The van der Waals surface area contributed by atoms with Gasteiger partial charge in [0.1, 0.15) is 5.75 Å².